The highest BCUT2D eigenvalue weighted by molar-refractivity contribution is 5.95. The van der Waals surface area contributed by atoms with Gasteiger partial charge in [0.15, 0.2) is 0 Å². The molecular formula is C14H14N2O3. The van der Waals surface area contributed by atoms with E-state index in [0.717, 1.165) is 0 Å². The van der Waals surface area contributed by atoms with Gasteiger partial charge < -0.3 is 10.0 Å². The summed E-state index contributed by atoms with van der Waals surface area (Å²) in [5.41, 5.74) is 0.919. The standard InChI is InChI=1S/C14H14N2O3/c1-9(14(18)19)12-7-16(8-12)13(17)11-4-2-3-10(5-11)6-15/h2-5,9,12H,7-8H2,1H3,(H,18,19). The topological polar surface area (TPSA) is 81.4 Å². The third-order valence-corrected chi connectivity index (χ3v) is 3.53. The zero-order valence-corrected chi connectivity index (χ0v) is 10.5. The zero-order chi connectivity index (χ0) is 14.0. The number of hydrogen-bond donors (Lipinski definition) is 1. The van der Waals surface area contributed by atoms with Crippen molar-refractivity contribution in [3.05, 3.63) is 35.4 Å². The molecule has 1 atom stereocenters. The molecule has 5 heteroatoms. The number of hydrogen-bond acceptors (Lipinski definition) is 3. The van der Waals surface area contributed by atoms with E-state index < -0.39 is 11.9 Å². The molecule has 1 aliphatic heterocycles. The van der Waals surface area contributed by atoms with Crippen LogP contribution in [0.4, 0.5) is 0 Å². The van der Waals surface area contributed by atoms with E-state index in [-0.39, 0.29) is 11.8 Å². The number of nitriles is 1. The molecule has 1 heterocycles. The third-order valence-electron chi connectivity index (χ3n) is 3.53. The quantitative estimate of drug-likeness (QED) is 0.887. The Labute approximate surface area is 111 Å². The smallest absolute Gasteiger partial charge is 0.306 e. The van der Waals surface area contributed by atoms with Crippen LogP contribution in [0.3, 0.4) is 0 Å². The van der Waals surface area contributed by atoms with Crippen molar-refractivity contribution in [2.75, 3.05) is 13.1 Å². The van der Waals surface area contributed by atoms with Gasteiger partial charge in [0.1, 0.15) is 0 Å². The summed E-state index contributed by atoms with van der Waals surface area (Å²) in [5, 5.41) is 17.7. The van der Waals surface area contributed by atoms with E-state index in [2.05, 4.69) is 0 Å². The van der Waals surface area contributed by atoms with Crippen LogP contribution in [0.1, 0.15) is 22.8 Å². The minimum atomic E-state index is -0.830. The summed E-state index contributed by atoms with van der Waals surface area (Å²) in [6.45, 7) is 2.58. The first kappa shape index (κ1) is 13.1. The molecule has 1 aromatic carbocycles. The number of benzene rings is 1. The number of carbonyl (C=O) groups excluding carboxylic acids is 1. The molecule has 1 aromatic rings. The Kier molecular flexibility index (Phi) is 3.52. The molecule has 1 saturated heterocycles. The van der Waals surface area contributed by atoms with Crippen LogP contribution in [-0.4, -0.2) is 35.0 Å². The van der Waals surface area contributed by atoms with Crippen molar-refractivity contribution >= 4 is 11.9 Å². The highest BCUT2D eigenvalue weighted by Gasteiger charge is 2.37. The van der Waals surface area contributed by atoms with Gasteiger partial charge in [-0.3, -0.25) is 9.59 Å². The molecule has 1 unspecified atom stereocenters. The second-order valence-electron chi connectivity index (χ2n) is 4.79. The first-order valence-corrected chi connectivity index (χ1v) is 6.05. The Balaban J connectivity index is 2.00. The van der Waals surface area contributed by atoms with Gasteiger partial charge in [-0.15, -0.1) is 0 Å². The van der Waals surface area contributed by atoms with Gasteiger partial charge in [0, 0.05) is 24.6 Å². The van der Waals surface area contributed by atoms with Crippen molar-refractivity contribution in [1.82, 2.24) is 4.90 Å². The molecular weight excluding hydrogens is 244 g/mol. The van der Waals surface area contributed by atoms with Crippen LogP contribution in [0.25, 0.3) is 0 Å². The number of amides is 1. The maximum atomic E-state index is 12.1. The molecule has 0 aromatic heterocycles. The first-order valence-electron chi connectivity index (χ1n) is 6.05. The zero-order valence-electron chi connectivity index (χ0n) is 10.5. The normalized spacial score (nSPS) is 16.3. The molecule has 1 amide bonds. The van der Waals surface area contributed by atoms with Crippen LogP contribution < -0.4 is 0 Å². The summed E-state index contributed by atoms with van der Waals surface area (Å²) in [6.07, 6.45) is 0. The highest BCUT2D eigenvalue weighted by Crippen LogP contribution is 2.25. The number of carbonyl (C=O) groups is 2. The Morgan fingerprint density at radius 3 is 2.74 bits per heavy atom. The van der Waals surface area contributed by atoms with Crippen LogP contribution in [0, 0.1) is 23.2 Å². The average Bonchev–Trinajstić information content (AvgIpc) is 2.36. The molecule has 2 rings (SSSR count). The van der Waals surface area contributed by atoms with E-state index >= 15 is 0 Å². The van der Waals surface area contributed by atoms with Gasteiger partial charge in [0.05, 0.1) is 17.6 Å². The second-order valence-corrected chi connectivity index (χ2v) is 4.79. The van der Waals surface area contributed by atoms with E-state index in [1.54, 1.807) is 36.1 Å². The lowest BCUT2D eigenvalue weighted by atomic mass is 9.86. The van der Waals surface area contributed by atoms with Crippen LogP contribution in [0.5, 0.6) is 0 Å². The van der Waals surface area contributed by atoms with Gasteiger partial charge in [-0.25, -0.2) is 0 Å². The lowest BCUT2D eigenvalue weighted by molar-refractivity contribution is -0.144. The fourth-order valence-corrected chi connectivity index (χ4v) is 2.10. The highest BCUT2D eigenvalue weighted by atomic mass is 16.4. The Morgan fingerprint density at radius 2 is 2.16 bits per heavy atom. The summed E-state index contributed by atoms with van der Waals surface area (Å²) < 4.78 is 0. The largest absolute Gasteiger partial charge is 0.481 e. The molecule has 0 bridgehead atoms. The van der Waals surface area contributed by atoms with Crippen molar-refractivity contribution in [2.45, 2.75) is 6.92 Å². The average molecular weight is 258 g/mol. The first-order chi connectivity index (χ1) is 9.02. The Morgan fingerprint density at radius 1 is 1.47 bits per heavy atom. The van der Waals surface area contributed by atoms with Gasteiger partial charge in [0.2, 0.25) is 0 Å². The molecule has 98 valence electrons. The molecule has 0 saturated carbocycles. The number of rotatable bonds is 3. The molecule has 0 aliphatic carbocycles. The van der Waals surface area contributed by atoms with E-state index in [0.29, 0.717) is 24.2 Å². The van der Waals surface area contributed by atoms with Crippen LogP contribution in [0.15, 0.2) is 24.3 Å². The molecule has 1 N–H and O–H groups in total. The van der Waals surface area contributed by atoms with Gasteiger partial charge >= 0.3 is 5.97 Å². The van der Waals surface area contributed by atoms with Gasteiger partial charge in [0.25, 0.3) is 5.91 Å². The lowest BCUT2D eigenvalue weighted by Crippen LogP contribution is -2.53. The number of carboxylic acid groups (broad SMARTS) is 1. The Hall–Kier alpha value is -2.35. The molecule has 0 spiro atoms. The fourth-order valence-electron chi connectivity index (χ4n) is 2.10. The van der Waals surface area contributed by atoms with E-state index in [1.807, 2.05) is 6.07 Å². The lowest BCUT2D eigenvalue weighted by Gasteiger charge is -2.41. The predicted molar refractivity (Wildman–Crippen MR) is 67.4 cm³/mol. The summed E-state index contributed by atoms with van der Waals surface area (Å²) in [4.78, 5) is 24.5. The number of likely N-dealkylation sites (tertiary alicyclic amines) is 1. The van der Waals surface area contributed by atoms with Crippen LogP contribution in [0.2, 0.25) is 0 Å². The number of nitrogens with zero attached hydrogens (tertiary/aromatic N) is 2. The molecule has 5 nitrogen and oxygen atoms in total. The van der Waals surface area contributed by atoms with Crippen molar-refractivity contribution in [1.29, 1.82) is 5.26 Å². The van der Waals surface area contributed by atoms with Crippen molar-refractivity contribution in [3.63, 3.8) is 0 Å². The van der Waals surface area contributed by atoms with Crippen LogP contribution in [-0.2, 0) is 4.79 Å². The molecule has 1 fully saturated rings. The summed E-state index contributed by atoms with van der Waals surface area (Å²) in [6, 6.07) is 8.52. The predicted octanol–water partition coefficient (Wildman–Crippen LogP) is 1.35. The van der Waals surface area contributed by atoms with Crippen molar-refractivity contribution in [3.8, 4) is 6.07 Å². The maximum absolute atomic E-state index is 12.1. The molecule has 19 heavy (non-hydrogen) atoms. The summed E-state index contributed by atoms with van der Waals surface area (Å²) in [5.74, 6) is -1.40. The fraction of sp³-hybridized carbons (Fsp3) is 0.357. The summed E-state index contributed by atoms with van der Waals surface area (Å²) in [7, 11) is 0. The SMILES string of the molecule is CC(C(=O)O)C1CN(C(=O)c2cccc(C#N)c2)C1. The van der Waals surface area contributed by atoms with E-state index in [1.165, 1.54) is 0 Å². The van der Waals surface area contributed by atoms with Gasteiger partial charge in [-0.1, -0.05) is 13.0 Å². The van der Waals surface area contributed by atoms with E-state index in [9.17, 15) is 9.59 Å². The monoisotopic (exact) mass is 258 g/mol. The minimum Gasteiger partial charge on any atom is -0.481 e. The number of carboxylic acids is 1. The minimum absolute atomic E-state index is 0.0144. The molecule has 1 aliphatic rings. The van der Waals surface area contributed by atoms with E-state index in [4.69, 9.17) is 10.4 Å². The third kappa shape index (κ3) is 2.58. The van der Waals surface area contributed by atoms with Crippen molar-refractivity contribution in [2.24, 2.45) is 11.8 Å². The Bertz CT molecular complexity index is 556. The second kappa shape index (κ2) is 5.11. The van der Waals surface area contributed by atoms with Gasteiger partial charge in [-0.05, 0) is 18.2 Å². The molecule has 0 radical (unpaired) electrons. The summed E-state index contributed by atoms with van der Waals surface area (Å²) >= 11 is 0. The van der Waals surface area contributed by atoms with Gasteiger partial charge in [-0.2, -0.15) is 5.26 Å². The maximum Gasteiger partial charge on any atom is 0.306 e. The van der Waals surface area contributed by atoms with Crippen molar-refractivity contribution < 1.29 is 14.7 Å². The number of aliphatic carboxylic acids is 1. The van der Waals surface area contributed by atoms with Crippen LogP contribution >= 0.6 is 0 Å².